The number of carbonyl (C=O) groups excluding carboxylic acids is 1. The number of alkyl carbamates (subject to hydrolysis) is 1. The van der Waals surface area contributed by atoms with E-state index in [1.54, 1.807) is 12.1 Å². The summed E-state index contributed by atoms with van der Waals surface area (Å²) in [6.45, 7) is 6.26. The third-order valence-electron chi connectivity index (χ3n) is 6.57. The van der Waals surface area contributed by atoms with Gasteiger partial charge in [0.1, 0.15) is 24.5 Å². The number of rotatable bonds is 9. The SMILES string of the molecule is Cc1nc(-c2ccc(COC(=O)NC(C)C)cc2)c2cc(Cc3ccc(F)cc3)cnc2c1OCc1ccccc1. The zero-order chi connectivity index (χ0) is 28.8. The monoisotopic (exact) mass is 549 g/mol. The van der Waals surface area contributed by atoms with Gasteiger partial charge in [-0.25, -0.2) is 14.2 Å². The van der Waals surface area contributed by atoms with Crippen molar-refractivity contribution in [3.63, 3.8) is 0 Å². The molecule has 0 unspecified atom stereocenters. The number of aryl methyl sites for hydroxylation is 1. The molecule has 2 heterocycles. The van der Waals surface area contributed by atoms with Crippen molar-refractivity contribution in [2.75, 3.05) is 0 Å². The minimum Gasteiger partial charge on any atom is -0.485 e. The van der Waals surface area contributed by atoms with Crippen molar-refractivity contribution in [2.24, 2.45) is 0 Å². The first kappa shape index (κ1) is 27.8. The van der Waals surface area contributed by atoms with Gasteiger partial charge in [-0.05, 0) is 67.6 Å². The molecule has 0 aliphatic heterocycles. The van der Waals surface area contributed by atoms with E-state index in [1.165, 1.54) is 12.1 Å². The number of hydrogen-bond acceptors (Lipinski definition) is 5. The highest BCUT2D eigenvalue weighted by molar-refractivity contribution is 5.96. The van der Waals surface area contributed by atoms with Gasteiger partial charge in [0.2, 0.25) is 0 Å². The van der Waals surface area contributed by atoms with Gasteiger partial charge in [-0.2, -0.15) is 0 Å². The Morgan fingerprint density at radius 1 is 0.878 bits per heavy atom. The Morgan fingerprint density at radius 2 is 1.56 bits per heavy atom. The Kier molecular flexibility index (Phi) is 8.53. The maximum absolute atomic E-state index is 13.5. The number of fused-ring (bicyclic) bond motifs is 1. The van der Waals surface area contributed by atoms with Crippen LogP contribution >= 0.6 is 0 Å². The van der Waals surface area contributed by atoms with Gasteiger partial charge in [-0.15, -0.1) is 0 Å². The molecule has 41 heavy (non-hydrogen) atoms. The van der Waals surface area contributed by atoms with Crippen LogP contribution in [0.4, 0.5) is 9.18 Å². The predicted molar refractivity (Wildman–Crippen MR) is 158 cm³/mol. The molecule has 6 nitrogen and oxygen atoms in total. The number of pyridine rings is 2. The molecule has 0 aliphatic carbocycles. The molecule has 208 valence electrons. The normalized spacial score (nSPS) is 11.0. The van der Waals surface area contributed by atoms with Crippen LogP contribution < -0.4 is 10.1 Å². The van der Waals surface area contributed by atoms with Crippen LogP contribution in [0, 0.1) is 12.7 Å². The molecule has 5 rings (SSSR count). The Bertz CT molecular complexity index is 1640. The van der Waals surface area contributed by atoms with Crippen LogP contribution in [-0.4, -0.2) is 22.1 Å². The summed E-state index contributed by atoms with van der Waals surface area (Å²) in [5.41, 5.74) is 7.03. The summed E-state index contributed by atoms with van der Waals surface area (Å²) < 4.78 is 25.1. The number of aromatic nitrogens is 2. The highest BCUT2D eigenvalue weighted by Gasteiger charge is 2.17. The van der Waals surface area contributed by atoms with E-state index in [9.17, 15) is 9.18 Å². The first-order valence-corrected chi connectivity index (χ1v) is 13.6. The van der Waals surface area contributed by atoms with E-state index in [-0.39, 0.29) is 18.5 Å². The molecule has 7 heteroatoms. The first-order chi connectivity index (χ1) is 19.9. The Labute approximate surface area is 239 Å². The summed E-state index contributed by atoms with van der Waals surface area (Å²) >= 11 is 0. The second kappa shape index (κ2) is 12.6. The minimum atomic E-state index is -0.446. The van der Waals surface area contributed by atoms with E-state index in [0.29, 0.717) is 18.8 Å². The summed E-state index contributed by atoms with van der Waals surface area (Å²) in [6.07, 6.45) is 2.00. The van der Waals surface area contributed by atoms with Gasteiger partial charge >= 0.3 is 6.09 Å². The van der Waals surface area contributed by atoms with Crippen LogP contribution in [0.3, 0.4) is 0 Å². The Morgan fingerprint density at radius 3 is 2.27 bits per heavy atom. The number of ether oxygens (including phenoxy) is 2. The second-order valence-corrected chi connectivity index (χ2v) is 10.3. The van der Waals surface area contributed by atoms with Gasteiger partial charge in [0.05, 0.1) is 11.4 Å². The van der Waals surface area contributed by atoms with E-state index >= 15 is 0 Å². The first-order valence-electron chi connectivity index (χ1n) is 13.6. The molecule has 0 bridgehead atoms. The summed E-state index contributed by atoms with van der Waals surface area (Å²) in [4.78, 5) is 21.7. The number of carbonyl (C=O) groups is 1. The highest BCUT2D eigenvalue weighted by Crippen LogP contribution is 2.35. The lowest BCUT2D eigenvalue weighted by atomic mass is 10.0. The van der Waals surface area contributed by atoms with E-state index < -0.39 is 6.09 Å². The maximum Gasteiger partial charge on any atom is 0.407 e. The van der Waals surface area contributed by atoms with Crippen LogP contribution in [0.2, 0.25) is 0 Å². The summed E-state index contributed by atoms with van der Waals surface area (Å²) in [7, 11) is 0. The largest absolute Gasteiger partial charge is 0.485 e. The van der Waals surface area contributed by atoms with E-state index in [1.807, 2.05) is 81.6 Å². The zero-order valence-corrected chi connectivity index (χ0v) is 23.4. The molecule has 0 atom stereocenters. The van der Waals surface area contributed by atoms with Crippen molar-refractivity contribution in [3.8, 4) is 17.0 Å². The van der Waals surface area contributed by atoms with Crippen LogP contribution in [-0.2, 0) is 24.4 Å². The van der Waals surface area contributed by atoms with Crippen LogP contribution in [0.5, 0.6) is 5.75 Å². The fraction of sp³-hybridized carbons (Fsp3) is 0.206. The molecule has 0 radical (unpaired) electrons. The smallest absolute Gasteiger partial charge is 0.407 e. The molecule has 0 spiro atoms. The van der Waals surface area contributed by atoms with E-state index in [2.05, 4.69) is 11.4 Å². The number of amides is 1. The molecule has 0 saturated carbocycles. The number of benzene rings is 3. The molecule has 3 aromatic carbocycles. The molecular weight excluding hydrogens is 517 g/mol. The van der Waals surface area contributed by atoms with Crippen LogP contribution in [0.25, 0.3) is 22.2 Å². The van der Waals surface area contributed by atoms with Gasteiger partial charge in [-0.3, -0.25) is 4.98 Å². The molecule has 5 aromatic rings. The van der Waals surface area contributed by atoms with Crippen molar-refractivity contribution < 1.29 is 18.7 Å². The Hall–Kier alpha value is -4.78. The lowest BCUT2D eigenvalue weighted by molar-refractivity contribution is 0.137. The summed E-state index contributed by atoms with van der Waals surface area (Å²) in [5.74, 6) is 0.379. The molecule has 0 saturated heterocycles. The molecule has 0 aliphatic rings. The predicted octanol–water partition coefficient (Wildman–Crippen LogP) is 7.55. The molecule has 1 amide bonds. The summed E-state index contributed by atoms with van der Waals surface area (Å²) in [6, 6.07) is 26.4. The highest BCUT2D eigenvalue weighted by atomic mass is 19.1. The minimum absolute atomic E-state index is 0.00803. The van der Waals surface area contributed by atoms with E-state index in [0.717, 1.165) is 50.1 Å². The molecular formula is C34H32FN3O3. The van der Waals surface area contributed by atoms with Crippen molar-refractivity contribution in [3.05, 3.63) is 125 Å². The van der Waals surface area contributed by atoms with Crippen molar-refractivity contribution in [2.45, 2.75) is 46.4 Å². The van der Waals surface area contributed by atoms with Gasteiger partial charge in [0, 0.05) is 23.2 Å². The average Bonchev–Trinajstić information content (AvgIpc) is 2.97. The third-order valence-corrected chi connectivity index (χ3v) is 6.57. The lowest BCUT2D eigenvalue weighted by Crippen LogP contribution is -2.30. The molecule has 0 fully saturated rings. The standard InChI is InChI=1S/C34H32FN3O3/c1-22(2)37-34(39)41-21-26-9-13-28(14-10-26)31-30-18-27(17-24-11-15-29(35)16-12-24)19-36-32(30)33(23(3)38-31)40-20-25-7-5-4-6-8-25/h4-16,18-19,22H,17,20-21H2,1-3H3,(H,37,39). The molecule has 1 N–H and O–H groups in total. The van der Waals surface area contributed by atoms with Gasteiger partial charge in [-0.1, -0.05) is 66.7 Å². The van der Waals surface area contributed by atoms with Gasteiger partial charge in [0.15, 0.2) is 5.75 Å². The van der Waals surface area contributed by atoms with Gasteiger partial charge < -0.3 is 14.8 Å². The number of halogens is 1. The van der Waals surface area contributed by atoms with Crippen molar-refractivity contribution in [1.29, 1.82) is 0 Å². The second-order valence-electron chi connectivity index (χ2n) is 10.3. The third kappa shape index (κ3) is 7.06. The number of nitrogens with zero attached hydrogens (tertiary/aromatic N) is 2. The lowest BCUT2D eigenvalue weighted by Gasteiger charge is -2.16. The zero-order valence-electron chi connectivity index (χ0n) is 23.4. The molecule has 2 aromatic heterocycles. The van der Waals surface area contributed by atoms with Crippen molar-refractivity contribution >= 4 is 17.0 Å². The summed E-state index contributed by atoms with van der Waals surface area (Å²) in [5, 5.41) is 3.58. The van der Waals surface area contributed by atoms with Gasteiger partial charge in [0.25, 0.3) is 0 Å². The topological polar surface area (TPSA) is 73.3 Å². The van der Waals surface area contributed by atoms with Crippen molar-refractivity contribution in [1.82, 2.24) is 15.3 Å². The average molecular weight is 550 g/mol. The van der Waals surface area contributed by atoms with Crippen LogP contribution in [0.1, 0.15) is 41.8 Å². The van der Waals surface area contributed by atoms with Crippen LogP contribution in [0.15, 0.2) is 91.1 Å². The van der Waals surface area contributed by atoms with E-state index in [4.69, 9.17) is 19.4 Å². The quantitative estimate of drug-likeness (QED) is 0.206. The number of nitrogens with one attached hydrogen (secondary N) is 1. The Balaban J connectivity index is 1.49. The maximum atomic E-state index is 13.5. The fourth-order valence-corrected chi connectivity index (χ4v) is 4.56. The number of hydrogen-bond donors (Lipinski definition) is 1. The fourth-order valence-electron chi connectivity index (χ4n) is 4.56.